The first-order chi connectivity index (χ1) is 6.44. The highest BCUT2D eigenvalue weighted by atomic mass is 16.1. The minimum atomic E-state index is -0.117. The molecule has 0 aliphatic carbocycles. The van der Waals surface area contributed by atoms with Crippen molar-refractivity contribution >= 4 is 5.78 Å². The number of Topliss-reactive ketones (excluding diaryl/α,β-unsaturated/α-hetero) is 1. The van der Waals surface area contributed by atoms with Gasteiger partial charge in [-0.25, -0.2) is 0 Å². The van der Waals surface area contributed by atoms with Gasteiger partial charge in [-0.1, -0.05) is 53.4 Å². The number of hydrogen-bond acceptors (Lipinski definition) is 1. The molecular weight excluding hydrogens is 172 g/mol. The third-order valence-corrected chi connectivity index (χ3v) is 3.30. The molecule has 1 heteroatoms. The molecule has 0 radical (unpaired) electrons. The second kappa shape index (κ2) is 6.21. The second-order valence-electron chi connectivity index (χ2n) is 5.06. The van der Waals surface area contributed by atoms with Gasteiger partial charge in [0.2, 0.25) is 0 Å². The highest BCUT2D eigenvalue weighted by Gasteiger charge is 2.26. The predicted molar refractivity (Wildman–Crippen MR) is 62.4 cm³/mol. The summed E-state index contributed by atoms with van der Waals surface area (Å²) in [6, 6.07) is 0. The summed E-state index contributed by atoms with van der Waals surface area (Å²) in [5, 5.41) is 0. The fourth-order valence-corrected chi connectivity index (χ4v) is 1.81. The van der Waals surface area contributed by atoms with Crippen molar-refractivity contribution in [3.8, 4) is 0 Å². The van der Waals surface area contributed by atoms with Gasteiger partial charge in [-0.2, -0.15) is 0 Å². The van der Waals surface area contributed by atoms with Crippen LogP contribution in [0.5, 0.6) is 0 Å². The van der Waals surface area contributed by atoms with E-state index in [1.807, 2.05) is 0 Å². The molecule has 0 bridgehead atoms. The van der Waals surface area contributed by atoms with Crippen molar-refractivity contribution in [1.82, 2.24) is 0 Å². The lowest BCUT2D eigenvalue weighted by molar-refractivity contribution is -0.125. The van der Waals surface area contributed by atoms with Gasteiger partial charge in [0.1, 0.15) is 5.78 Å². The maximum Gasteiger partial charge on any atom is 0.135 e. The van der Waals surface area contributed by atoms with E-state index in [-0.39, 0.29) is 5.41 Å². The molecule has 0 aliphatic rings. The van der Waals surface area contributed by atoms with Crippen molar-refractivity contribution < 1.29 is 4.79 Å². The zero-order valence-corrected chi connectivity index (χ0v) is 10.5. The molecule has 0 saturated carbocycles. The smallest absolute Gasteiger partial charge is 0.135 e. The summed E-state index contributed by atoms with van der Waals surface area (Å²) < 4.78 is 0. The molecule has 0 saturated heterocycles. The summed E-state index contributed by atoms with van der Waals surface area (Å²) in [6.45, 7) is 10.3. The largest absolute Gasteiger partial charge is 0.299 e. The van der Waals surface area contributed by atoms with Gasteiger partial charge in [-0.05, 0) is 19.3 Å². The van der Waals surface area contributed by atoms with Crippen LogP contribution in [0.4, 0.5) is 0 Å². The van der Waals surface area contributed by atoms with E-state index in [1.165, 1.54) is 25.7 Å². The normalized spacial score (nSPS) is 14.1. The van der Waals surface area contributed by atoms with Crippen molar-refractivity contribution in [2.75, 3.05) is 0 Å². The number of ketones is 1. The number of unbranched alkanes of at least 4 members (excludes halogenated alkanes) is 1. The van der Waals surface area contributed by atoms with Crippen LogP contribution in [-0.2, 0) is 4.79 Å². The van der Waals surface area contributed by atoms with E-state index in [1.54, 1.807) is 6.92 Å². The summed E-state index contributed by atoms with van der Waals surface area (Å²) in [6.07, 6.45) is 6.10. The van der Waals surface area contributed by atoms with Crippen LogP contribution < -0.4 is 0 Å². The Morgan fingerprint density at radius 2 is 1.86 bits per heavy atom. The highest BCUT2D eigenvalue weighted by Crippen LogP contribution is 2.30. The van der Waals surface area contributed by atoms with Gasteiger partial charge < -0.3 is 0 Å². The van der Waals surface area contributed by atoms with E-state index in [0.29, 0.717) is 5.78 Å². The summed E-state index contributed by atoms with van der Waals surface area (Å²) in [5.74, 6) is 1.06. The standard InChI is InChI=1S/C13H26O/c1-6-8-9-12(7-2)10-13(4,5)11(3)14/h12H,6-10H2,1-5H3/t12-/m1/s1. The molecule has 0 unspecified atom stereocenters. The number of hydrogen-bond donors (Lipinski definition) is 0. The van der Waals surface area contributed by atoms with Gasteiger partial charge in [0.15, 0.2) is 0 Å². The third-order valence-electron chi connectivity index (χ3n) is 3.30. The van der Waals surface area contributed by atoms with Crippen molar-refractivity contribution in [2.24, 2.45) is 11.3 Å². The molecule has 0 spiro atoms. The van der Waals surface area contributed by atoms with Crippen LogP contribution in [0.1, 0.15) is 66.7 Å². The maximum absolute atomic E-state index is 11.4. The van der Waals surface area contributed by atoms with E-state index >= 15 is 0 Å². The molecule has 0 aromatic heterocycles. The Hall–Kier alpha value is -0.330. The first-order valence-corrected chi connectivity index (χ1v) is 5.95. The molecule has 0 aliphatic heterocycles. The molecule has 0 fully saturated rings. The predicted octanol–water partition coefficient (Wildman–Crippen LogP) is 4.21. The molecule has 1 atom stereocenters. The molecular formula is C13H26O. The lowest BCUT2D eigenvalue weighted by atomic mass is 9.77. The third kappa shape index (κ3) is 4.78. The zero-order valence-electron chi connectivity index (χ0n) is 10.5. The summed E-state index contributed by atoms with van der Waals surface area (Å²) in [5.41, 5.74) is -0.117. The van der Waals surface area contributed by atoms with E-state index < -0.39 is 0 Å². The van der Waals surface area contributed by atoms with Gasteiger partial charge in [-0.15, -0.1) is 0 Å². The molecule has 14 heavy (non-hydrogen) atoms. The van der Waals surface area contributed by atoms with Crippen LogP contribution in [0, 0.1) is 11.3 Å². The molecule has 0 aromatic carbocycles. The number of rotatable bonds is 7. The van der Waals surface area contributed by atoms with Crippen molar-refractivity contribution in [1.29, 1.82) is 0 Å². The quantitative estimate of drug-likeness (QED) is 0.599. The molecule has 0 rings (SSSR count). The first kappa shape index (κ1) is 13.7. The van der Waals surface area contributed by atoms with Crippen molar-refractivity contribution in [2.45, 2.75) is 66.7 Å². The van der Waals surface area contributed by atoms with Crippen LogP contribution in [-0.4, -0.2) is 5.78 Å². The van der Waals surface area contributed by atoms with Crippen LogP contribution >= 0.6 is 0 Å². The van der Waals surface area contributed by atoms with Gasteiger partial charge in [0.25, 0.3) is 0 Å². The molecule has 84 valence electrons. The average Bonchev–Trinajstić information content (AvgIpc) is 2.11. The monoisotopic (exact) mass is 198 g/mol. The van der Waals surface area contributed by atoms with Crippen molar-refractivity contribution in [3.05, 3.63) is 0 Å². The van der Waals surface area contributed by atoms with Crippen LogP contribution in [0.3, 0.4) is 0 Å². The molecule has 0 N–H and O–H groups in total. The molecule has 0 heterocycles. The van der Waals surface area contributed by atoms with Gasteiger partial charge in [0, 0.05) is 5.41 Å². The van der Waals surface area contributed by atoms with Gasteiger partial charge in [0.05, 0.1) is 0 Å². The number of carbonyl (C=O) groups excluding carboxylic acids is 1. The van der Waals surface area contributed by atoms with E-state index in [0.717, 1.165) is 12.3 Å². The maximum atomic E-state index is 11.4. The lowest BCUT2D eigenvalue weighted by Gasteiger charge is -2.26. The SMILES string of the molecule is CCCC[C@@H](CC)CC(C)(C)C(C)=O. The molecule has 0 amide bonds. The Balaban J connectivity index is 4.09. The van der Waals surface area contributed by atoms with Gasteiger partial charge in [-0.3, -0.25) is 4.79 Å². The Morgan fingerprint density at radius 3 is 2.21 bits per heavy atom. The fourth-order valence-electron chi connectivity index (χ4n) is 1.81. The summed E-state index contributed by atoms with van der Waals surface area (Å²) in [7, 11) is 0. The van der Waals surface area contributed by atoms with Gasteiger partial charge >= 0.3 is 0 Å². The molecule has 0 aromatic rings. The van der Waals surface area contributed by atoms with Crippen molar-refractivity contribution in [3.63, 3.8) is 0 Å². The summed E-state index contributed by atoms with van der Waals surface area (Å²) in [4.78, 5) is 11.4. The summed E-state index contributed by atoms with van der Waals surface area (Å²) >= 11 is 0. The Morgan fingerprint density at radius 1 is 1.29 bits per heavy atom. The topological polar surface area (TPSA) is 17.1 Å². The Kier molecular flexibility index (Phi) is 6.06. The van der Waals surface area contributed by atoms with Crippen LogP contribution in [0.25, 0.3) is 0 Å². The van der Waals surface area contributed by atoms with E-state index in [9.17, 15) is 4.79 Å². The minimum absolute atomic E-state index is 0.117. The number of carbonyl (C=O) groups is 1. The zero-order chi connectivity index (χ0) is 11.2. The molecule has 1 nitrogen and oxygen atoms in total. The Labute approximate surface area is 89.3 Å². The Bertz CT molecular complexity index is 170. The average molecular weight is 198 g/mol. The second-order valence-corrected chi connectivity index (χ2v) is 5.06. The van der Waals surface area contributed by atoms with E-state index in [2.05, 4.69) is 27.7 Å². The lowest BCUT2D eigenvalue weighted by Crippen LogP contribution is -2.24. The highest BCUT2D eigenvalue weighted by molar-refractivity contribution is 5.81. The fraction of sp³-hybridized carbons (Fsp3) is 0.923. The van der Waals surface area contributed by atoms with Crippen LogP contribution in [0.2, 0.25) is 0 Å². The minimum Gasteiger partial charge on any atom is -0.299 e. The van der Waals surface area contributed by atoms with Crippen LogP contribution in [0.15, 0.2) is 0 Å². The first-order valence-electron chi connectivity index (χ1n) is 5.95. The van der Waals surface area contributed by atoms with E-state index in [4.69, 9.17) is 0 Å².